The summed E-state index contributed by atoms with van der Waals surface area (Å²) in [4.78, 5) is 28.0. The van der Waals surface area contributed by atoms with E-state index in [1.165, 1.54) is 10.6 Å². The van der Waals surface area contributed by atoms with Crippen molar-refractivity contribution in [3.8, 4) is 5.75 Å². The Kier molecular flexibility index (Phi) is 11.0. The second kappa shape index (κ2) is 13.5. The van der Waals surface area contributed by atoms with E-state index in [1.54, 1.807) is 18.1 Å². The number of hydrogen-bond donors (Lipinski definition) is 1. The van der Waals surface area contributed by atoms with Crippen molar-refractivity contribution >= 4 is 27.5 Å². The molecule has 0 heterocycles. The maximum atomic E-state index is 13.5. The second-order valence-electron chi connectivity index (χ2n) is 9.66. The molecule has 204 valence electrons. The van der Waals surface area contributed by atoms with Crippen molar-refractivity contribution < 1.29 is 22.7 Å². The van der Waals surface area contributed by atoms with Gasteiger partial charge in [-0.3, -0.25) is 13.9 Å². The predicted octanol–water partition coefficient (Wildman–Crippen LogP) is 4.19. The molecule has 2 aromatic rings. The largest absolute Gasteiger partial charge is 0.497 e. The summed E-state index contributed by atoms with van der Waals surface area (Å²) < 4.78 is 31.7. The molecule has 0 saturated carbocycles. The van der Waals surface area contributed by atoms with E-state index in [9.17, 15) is 18.0 Å². The van der Waals surface area contributed by atoms with Gasteiger partial charge in [0.25, 0.3) is 0 Å². The van der Waals surface area contributed by atoms with Gasteiger partial charge in [0.2, 0.25) is 21.8 Å². The van der Waals surface area contributed by atoms with Crippen LogP contribution in [0, 0.1) is 13.8 Å². The lowest BCUT2D eigenvalue weighted by molar-refractivity contribution is -0.141. The summed E-state index contributed by atoms with van der Waals surface area (Å²) in [6.07, 6.45) is 2.06. The van der Waals surface area contributed by atoms with Crippen molar-refractivity contribution in [1.82, 2.24) is 10.2 Å². The molecule has 0 saturated heterocycles. The quantitative estimate of drug-likeness (QED) is 0.418. The molecule has 9 heteroatoms. The van der Waals surface area contributed by atoms with Crippen LogP contribution in [-0.2, 0) is 26.2 Å². The van der Waals surface area contributed by atoms with Gasteiger partial charge in [-0.25, -0.2) is 8.42 Å². The van der Waals surface area contributed by atoms with Crippen LogP contribution in [0.15, 0.2) is 42.5 Å². The standard InChI is InChI=1S/C28H41N3O5S/c1-8-26(28(33)29-20(2)3)30(19-23-12-15-25(36-6)16-13-23)27(32)10-9-17-31(37(7,34)35)24-14-11-21(4)22(5)18-24/h11-16,18,20,26H,8-10,17,19H2,1-7H3,(H,29,33)/t26-/m1/s1. The van der Waals surface area contributed by atoms with Gasteiger partial charge in [-0.15, -0.1) is 0 Å². The molecule has 0 radical (unpaired) electrons. The van der Waals surface area contributed by atoms with E-state index in [-0.39, 0.29) is 37.4 Å². The van der Waals surface area contributed by atoms with Crippen LogP contribution in [0.5, 0.6) is 5.75 Å². The topological polar surface area (TPSA) is 96.0 Å². The lowest BCUT2D eigenvalue weighted by Crippen LogP contribution is -2.50. The number of nitrogens with zero attached hydrogens (tertiary/aromatic N) is 2. The van der Waals surface area contributed by atoms with Crippen LogP contribution in [0.3, 0.4) is 0 Å². The third kappa shape index (κ3) is 8.77. The summed E-state index contributed by atoms with van der Waals surface area (Å²) in [6.45, 7) is 9.98. The minimum absolute atomic E-state index is 0.0548. The maximum absolute atomic E-state index is 13.5. The number of nitrogens with one attached hydrogen (secondary N) is 1. The first-order valence-corrected chi connectivity index (χ1v) is 14.5. The number of carbonyl (C=O) groups excluding carboxylic acids is 2. The highest BCUT2D eigenvalue weighted by molar-refractivity contribution is 7.92. The SMILES string of the molecule is CC[C@H](C(=O)NC(C)C)N(Cc1ccc(OC)cc1)C(=O)CCCN(c1ccc(C)c(C)c1)S(C)(=O)=O. The molecule has 2 amide bonds. The molecule has 2 aromatic carbocycles. The third-order valence-electron chi connectivity index (χ3n) is 6.26. The van der Waals surface area contributed by atoms with E-state index in [4.69, 9.17) is 4.74 Å². The van der Waals surface area contributed by atoms with Crippen molar-refractivity contribution in [1.29, 1.82) is 0 Å². The highest BCUT2D eigenvalue weighted by atomic mass is 32.2. The summed E-state index contributed by atoms with van der Waals surface area (Å²) >= 11 is 0. The Morgan fingerprint density at radius 3 is 2.19 bits per heavy atom. The van der Waals surface area contributed by atoms with Crippen molar-refractivity contribution in [2.45, 2.75) is 72.5 Å². The number of aryl methyl sites for hydroxylation is 2. The van der Waals surface area contributed by atoms with Crippen LogP contribution in [0.4, 0.5) is 5.69 Å². The van der Waals surface area contributed by atoms with E-state index >= 15 is 0 Å². The Morgan fingerprint density at radius 2 is 1.68 bits per heavy atom. The van der Waals surface area contributed by atoms with Gasteiger partial charge < -0.3 is 15.0 Å². The van der Waals surface area contributed by atoms with Crippen LogP contribution in [-0.4, -0.2) is 57.1 Å². The van der Waals surface area contributed by atoms with Gasteiger partial charge >= 0.3 is 0 Å². The number of carbonyl (C=O) groups is 2. The molecule has 0 fully saturated rings. The highest BCUT2D eigenvalue weighted by Gasteiger charge is 2.29. The van der Waals surface area contributed by atoms with Gasteiger partial charge in [-0.2, -0.15) is 0 Å². The zero-order valence-corrected chi connectivity index (χ0v) is 23.9. The lowest BCUT2D eigenvalue weighted by Gasteiger charge is -2.31. The molecule has 0 aliphatic heterocycles. The molecule has 0 aliphatic carbocycles. The molecule has 0 bridgehead atoms. The second-order valence-corrected chi connectivity index (χ2v) is 11.6. The molecule has 0 spiro atoms. The maximum Gasteiger partial charge on any atom is 0.243 e. The summed E-state index contributed by atoms with van der Waals surface area (Å²) in [5.74, 6) is 0.306. The van der Waals surface area contributed by atoms with E-state index in [0.29, 0.717) is 24.3 Å². The van der Waals surface area contributed by atoms with Gasteiger partial charge in [0.15, 0.2) is 0 Å². The Balaban J connectivity index is 2.23. The van der Waals surface area contributed by atoms with Crippen LogP contribution in [0.25, 0.3) is 0 Å². The van der Waals surface area contributed by atoms with E-state index < -0.39 is 16.1 Å². The number of anilines is 1. The number of sulfonamides is 1. The molecule has 1 N–H and O–H groups in total. The predicted molar refractivity (Wildman–Crippen MR) is 148 cm³/mol. The van der Waals surface area contributed by atoms with Crippen molar-refractivity contribution in [3.63, 3.8) is 0 Å². The lowest BCUT2D eigenvalue weighted by atomic mass is 10.1. The zero-order chi connectivity index (χ0) is 27.8. The minimum atomic E-state index is -3.54. The van der Waals surface area contributed by atoms with E-state index in [2.05, 4.69) is 5.32 Å². The molecule has 0 unspecified atom stereocenters. The fraction of sp³-hybridized carbons (Fsp3) is 0.500. The summed E-state index contributed by atoms with van der Waals surface area (Å²) in [7, 11) is -1.95. The Labute approximate surface area is 222 Å². The molecule has 1 atom stereocenters. The number of benzene rings is 2. The molecule has 0 aromatic heterocycles. The Hall–Kier alpha value is -3.07. The van der Waals surface area contributed by atoms with Gasteiger partial charge in [-0.1, -0.05) is 25.1 Å². The van der Waals surface area contributed by atoms with Crippen LogP contribution < -0.4 is 14.4 Å². The summed E-state index contributed by atoms with van der Waals surface area (Å²) in [5.41, 5.74) is 3.52. The Bertz CT molecular complexity index is 1160. The fourth-order valence-electron chi connectivity index (χ4n) is 4.11. The highest BCUT2D eigenvalue weighted by Crippen LogP contribution is 2.23. The van der Waals surface area contributed by atoms with E-state index in [0.717, 1.165) is 16.7 Å². The van der Waals surface area contributed by atoms with Gasteiger partial charge in [-0.05, 0) is 81.5 Å². The number of rotatable bonds is 13. The first-order valence-electron chi connectivity index (χ1n) is 12.6. The van der Waals surface area contributed by atoms with Gasteiger partial charge in [0.1, 0.15) is 11.8 Å². The number of methoxy groups -OCH3 is 1. The number of amides is 2. The number of ether oxygens (including phenoxy) is 1. The van der Waals surface area contributed by atoms with Crippen LogP contribution in [0.2, 0.25) is 0 Å². The summed E-state index contributed by atoms with van der Waals surface area (Å²) in [6, 6.07) is 12.2. The van der Waals surface area contributed by atoms with Crippen molar-refractivity contribution in [2.75, 3.05) is 24.2 Å². The van der Waals surface area contributed by atoms with Gasteiger partial charge in [0.05, 0.1) is 19.1 Å². The van der Waals surface area contributed by atoms with Gasteiger partial charge in [0, 0.05) is 25.6 Å². The smallest absolute Gasteiger partial charge is 0.243 e. The minimum Gasteiger partial charge on any atom is -0.497 e. The monoisotopic (exact) mass is 531 g/mol. The molecule has 0 aliphatic rings. The van der Waals surface area contributed by atoms with Crippen molar-refractivity contribution in [2.24, 2.45) is 0 Å². The Morgan fingerprint density at radius 1 is 1.03 bits per heavy atom. The summed E-state index contributed by atoms with van der Waals surface area (Å²) in [5, 5.41) is 2.92. The first-order chi connectivity index (χ1) is 17.4. The average molecular weight is 532 g/mol. The fourth-order valence-corrected chi connectivity index (χ4v) is 5.07. The third-order valence-corrected chi connectivity index (χ3v) is 7.45. The molecular weight excluding hydrogens is 490 g/mol. The number of hydrogen-bond acceptors (Lipinski definition) is 5. The van der Waals surface area contributed by atoms with Crippen LogP contribution >= 0.6 is 0 Å². The zero-order valence-electron chi connectivity index (χ0n) is 23.1. The van der Waals surface area contributed by atoms with E-state index in [1.807, 2.05) is 71.0 Å². The molecule has 8 nitrogen and oxygen atoms in total. The van der Waals surface area contributed by atoms with Crippen molar-refractivity contribution in [3.05, 3.63) is 59.2 Å². The van der Waals surface area contributed by atoms with Crippen LogP contribution in [0.1, 0.15) is 56.7 Å². The molecule has 2 rings (SSSR count). The first kappa shape index (κ1) is 30.2. The average Bonchev–Trinajstić information content (AvgIpc) is 2.82. The molecular formula is C28H41N3O5S. The molecule has 37 heavy (non-hydrogen) atoms. The normalized spacial score (nSPS) is 12.2.